The van der Waals surface area contributed by atoms with Crippen molar-refractivity contribution in [2.75, 3.05) is 53.0 Å². The van der Waals surface area contributed by atoms with Gasteiger partial charge in [-0.05, 0) is 12.5 Å². The summed E-state index contributed by atoms with van der Waals surface area (Å²) in [4.78, 5) is 9.35. The number of aromatic nitrogens is 2. The fourth-order valence-electron chi connectivity index (χ4n) is 3.22. The van der Waals surface area contributed by atoms with Gasteiger partial charge in [0.2, 0.25) is 0 Å². The van der Waals surface area contributed by atoms with Crippen LogP contribution in [-0.4, -0.2) is 84.6 Å². The first-order valence-electron chi connectivity index (χ1n) is 8.11. The third-order valence-corrected chi connectivity index (χ3v) is 4.42. The number of nitrogens with one attached hydrogen (secondary N) is 1. The summed E-state index contributed by atoms with van der Waals surface area (Å²) in [5.74, 6) is 1.00. The van der Waals surface area contributed by atoms with Gasteiger partial charge in [0.15, 0.2) is 5.96 Å². The Balaban J connectivity index is 1.45. The molecule has 1 aromatic heterocycles. The van der Waals surface area contributed by atoms with E-state index in [2.05, 4.69) is 25.2 Å². The van der Waals surface area contributed by atoms with Gasteiger partial charge in [-0.3, -0.25) is 14.6 Å². The van der Waals surface area contributed by atoms with E-state index in [4.69, 9.17) is 4.74 Å². The van der Waals surface area contributed by atoms with E-state index < -0.39 is 0 Å². The van der Waals surface area contributed by atoms with Crippen LogP contribution >= 0.6 is 0 Å². The summed E-state index contributed by atoms with van der Waals surface area (Å²) >= 11 is 0. The van der Waals surface area contributed by atoms with Crippen molar-refractivity contribution in [2.45, 2.75) is 19.0 Å². The minimum absolute atomic E-state index is 0.633. The van der Waals surface area contributed by atoms with Crippen LogP contribution in [0.15, 0.2) is 23.5 Å². The molecule has 0 bridgehead atoms. The molecule has 122 valence electrons. The van der Waals surface area contributed by atoms with E-state index in [1.165, 1.54) is 6.42 Å². The molecule has 0 amide bonds. The topological polar surface area (TPSA) is 57.9 Å². The van der Waals surface area contributed by atoms with E-state index in [0.29, 0.717) is 6.04 Å². The molecule has 0 aromatic carbocycles. The first-order valence-corrected chi connectivity index (χ1v) is 8.11. The summed E-state index contributed by atoms with van der Waals surface area (Å²) in [5, 5.41) is 7.66. The van der Waals surface area contributed by atoms with Crippen LogP contribution in [0.3, 0.4) is 0 Å². The molecular formula is C15H26N6O. The van der Waals surface area contributed by atoms with Gasteiger partial charge in [-0.15, -0.1) is 0 Å². The van der Waals surface area contributed by atoms with Crippen molar-refractivity contribution in [1.29, 1.82) is 0 Å². The monoisotopic (exact) mass is 306 g/mol. The molecular weight excluding hydrogens is 280 g/mol. The van der Waals surface area contributed by atoms with Crippen LogP contribution in [0.5, 0.6) is 0 Å². The van der Waals surface area contributed by atoms with Crippen LogP contribution in [-0.2, 0) is 11.3 Å². The van der Waals surface area contributed by atoms with Crippen LogP contribution in [0.1, 0.15) is 6.42 Å². The molecule has 2 aliphatic heterocycles. The number of nitrogens with zero attached hydrogens (tertiary/aromatic N) is 5. The summed E-state index contributed by atoms with van der Waals surface area (Å²) in [6, 6.07) is 2.58. The molecule has 2 saturated heterocycles. The fourth-order valence-corrected chi connectivity index (χ4v) is 3.22. The number of morpholine rings is 1. The van der Waals surface area contributed by atoms with Crippen LogP contribution in [0.2, 0.25) is 0 Å². The molecule has 2 fully saturated rings. The Kier molecular flexibility index (Phi) is 5.29. The maximum absolute atomic E-state index is 5.44. The van der Waals surface area contributed by atoms with Gasteiger partial charge < -0.3 is 15.0 Å². The highest BCUT2D eigenvalue weighted by molar-refractivity contribution is 5.80. The minimum Gasteiger partial charge on any atom is -0.379 e. The standard InChI is InChI=1S/C15H26N6O/c1-16-15(17-5-8-21-6-2-4-18-21)20-7-3-14(13-20)19-9-11-22-12-10-19/h2,4,6,14H,3,5,7-13H2,1H3,(H,16,17). The molecule has 0 aliphatic carbocycles. The largest absolute Gasteiger partial charge is 0.379 e. The van der Waals surface area contributed by atoms with Crippen LogP contribution in [0.25, 0.3) is 0 Å². The number of ether oxygens (including phenoxy) is 1. The van der Waals surface area contributed by atoms with Gasteiger partial charge in [0.25, 0.3) is 0 Å². The zero-order chi connectivity index (χ0) is 15.2. The number of hydrogen-bond donors (Lipinski definition) is 1. The Morgan fingerprint density at radius 1 is 1.36 bits per heavy atom. The maximum Gasteiger partial charge on any atom is 0.193 e. The number of likely N-dealkylation sites (tertiary alicyclic amines) is 1. The number of hydrogen-bond acceptors (Lipinski definition) is 4. The Hall–Kier alpha value is -1.60. The predicted octanol–water partition coefficient (Wildman–Crippen LogP) is -0.135. The predicted molar refractivity (Wildman–Crippen MR) is 86.0 cm³/mol. The van der Waals surface area contributed by atoms with E-state index in [1.54, 1.807) is 0 Å². The Morgan fingerprint density at radius 3 is 2.95 bits per heavy atom. The molecule has 1 aromatic rings. The number of rotatable bonds is 4. The second kappa shape index (κ2) is 7.60. The summed E-state index contributed by atoms with van der Waals surface area (Å²) < 4.78 is 7.37. The van der Waals surface area contributed by atoms with Crippen LogP contribution in [0, 0.1) is 0 Å². The molecule has 7 heteroatoms. The van der Waals surface area contributed by atoms with Crippen molar-refractivity contribution < 1.29 is 4.74 Å². The molecule has 2 aliphatic rings. The summed E-state index contributed by atoms with van der Waals surface area (Å²) in [6.07, 6.45) is 5.00. The van der Waals surface area contributed by atoms with E-state index in [1.807, 2.05) is 30.2 Å². The molecule has 7 nitrogen and oxygen atoms in total. The average Bonchev–Trinajstić information content (AvgIpc) is 3.24. The second-order valence-corrected chi connectivity index (χ2v) is 5.78. The molecule has 3 rings (SSSR count). The SMILES string of the molecule is CN=C(NCCn1cccn1)N1CCC(N2CCOCC2)C1. The molecule has 1 unspecified atom stereocenters. The molecule has 1 N–H and O–H groups in total. The molecule has 0 radical (unpaired) electrons. The zero-order valence-corrected chi connectivity index (χ0v) is 13.3. The summed E-state index contributed by atoms with van der Waals surface area (Å²) in [6.45, 7) is 7.68. The average molecular weight is 306 g/mol. The Morgan fingerprint density at radius 2 is 2.23 bits per heavy atom. The van der Waals surface area contributed by atoms with Gasteiger partial charge in [-0.1, -0.05) is 0 Å². The Labute approximate surface area is 131 Å². The lowest BCUT2D eigenvalue weighted by molar-refractivity contribution is 0.0195. The van der Waals surface area contributed by atoms with E-state index in [9.17, 15) is 0 Å². The lowest BCUT2D eigenvalue weighted by Crippen LogP contribution is -2.47. The van der Waals surface area contributed by atoms with Gasteiger partial charge in [0.05, 0.1) is 19.8 Å². The van der Waals surface area contributed by atoms with Gasteiger partial charge in [-0.2, -0.15) is 5.10 Å². The molecule has 3 heterocycles. The van der Waals surface area contributed by atoms with Crippen molar-refractivity contribution in [3.63, 3.8) is 0 Å². The van der Waals surface area contributed by atoms with Crippen LogP contribution in [0.4, 0.5) is 0 Å². The fraction of sp³-hybridized carbons (Fsp3) is 0.733. The summed E-state index contributed by atoms with van der Waals surface area (Å²) in [7, 11) is 1.86. The van der Waals surface area contributed by atoms with Gasteiger partial charge >= 0.3 is 0 Å². The third kappa shape index (κ3) is 3.78. The third-order valence-electron chi connectivity index (χ3n) is 4.42. The first-order chi connectivity index (χ1) is 10.9. The maximum atomic E-state index is 5.44. The first kappa shape index (κ1) is 15.3. The highest BCUT2D eigenvalue weighted by Crippen LogP contribution is 2.16. The number of aliphatic imine (C=N–C) groups is 1. The van der Waals surface area contributed by atoms with Gasteiger partial charge in [0.1, 0.15) is 0 Å². The van der Waals surface area contributed by atoms with E-state index in [0.717, 1.165) is 58.4 Å². The van der Waals surface area contributed by atoms with E-state index in [-0.39, 0.29) is 0 Å². The molecule has 0 spiro atoms. The molecule has 1 atom stereocenters. The molecule has 0 saturated carbocycles. The highest BCUT2D eigenvalue weighted by atomic mass is 16.5. The van der Waals surface area contributed by atoms with Crippen LogP contribution < -0.4 is 5.32 Å². The van der Waals surface area contributed by atoms with Crippen molar-refractivity contribution in [2.24, 2.45) is 4.99 Å². The van der Waals surface area contributed by atoms with Gasteiger partial charge in [-0.25, -0.2) is 0 Å². The van der Waals surface area contributed by atoms with Crippen molar-refractivity contribution >= 4 is 5.96 Å². The minimum atomic E-state index is 0.633. The van der Waals surface area contributed by atoms with Gasteiger partial charge in [0, 0.05) is 58.2 Å². The van der Waals surface area contributed by atoms with Crippen molar-refractivity contribution in [3.05, 3.63) is 18.5 Å². The number of guanidine groups is 1. The molecule has 22 heavy (non-hydrogen) atoms. The Bertz CT molecular complexity index is 468. The van der Waals surface area contributed by atoms with E-state index >= 15 is 0 Å². The lowest BCUT2D eigenvalue weighted by Gasteiger charge is -2.32. The normalized spacial score (nSPS) is 24.0. The van der Waals surface area contributed by atoms with Crippen molar-refractivity contribution in [1.82, 2.24) is 24.9 Å². The van der Waals surface area contributed by atoms with Crippen molar-refractivity contribution in [3.8, 4) is 0 Å². The smallest absolute Gasteiger partial charge is 0.193 e. The highest BCUT2D eigenvalue weighted by Gasteiger charge is 2.30. The lowest BCUT2D eigenvalue weighted by atomic mass is 10.2. The quantitative estimate of drug-likeness (QED) is 0.620. The second-order valence-electron chi connectivity index (χ2n) is 5.78. The zero-order valence-electron chi connectivity index (χ0n) is 13.3. The summed E-state index contributed by atoms with van der Waals surface area (Å²) in [5.41, 5.74) is 0.